The van der Waals surface area contributed by atoms with Crippen molar-refractivity contribution < 1.29 is 9.47 Å². The molecule has 0 aliphatic rings. The number of nitrogens with zero attached hydrogens (tertiary/aromatic N) is 3. The number of hydrogen-bond acceptors (Lipinski definition) is 6. The first-order chi connectivity index (χ1) is 13.2. The molecule has 6 nitrogen and oxygen atoms in total. The van der Waals surface area contributed by atoms with Crippen LogP contribution in [0.2, 0.25) is 0 Å². The molecule has 2 aromatic carbocycles. The van der Waals surface area contributed by atoms with Crippen molar-refractivity contribution in [2.45, 2.75) is 18.6 Å². The minimum Gasteiger partial charge on any atom is -0.493 e. The zero-order valence-corrected chi connectivity index (χ0v) is 16.0. The number of unbranched alkanes of at least 4 members (excludes halogenated alkanes) is 1. The van der Waals surface area contributed by atoms with Crippen LogP contribution in [0, 0.1) is 11.3 Å². The molecule has 0 spiro atoms. The molecule has 0 aliphatic heterocycles. The lowest BCUT2D eigenvalue weighted by atomic mass is 10.2. The van der Waals surface area contributed by atoms with Gasteiger partial charge in [0.15, 0.2) is 16.7 Å². The Labute approximate surface area is 163 Å². The normalized spacial score (nSPS) is 11.3. The standard InChI is InChI=1S/C20H22N4O2S/c1-25-18-11-7-10-17(19(18)26-13-6-5-12-21)14-23-24-20(22)27-15-16-8-3-2-4-9-16/h2-4,7-11,14H,5-6,13,15H2,1H3,(H2,22,24). The molecule has 27 heavy (non-hydrogen) atoms. The van der Waals surface area contributed by atoms with Gasteiger partial charge < -0.3 is 15.2 Å². The molecule has 0 heterocycles. The smallest absolute Gasteiger partial charge is 0.180 e. The first-order valence-electron chi connectivity index (χ1n) is 8.44. The van der Waals surface area contributed by atoms with Crippen molar-refractivity contribution in [3.8, 4) is 17.6 Å². The number of para-hydroxylation sites is 1. The number of benzene rings is 2. The fraction of sp³-hybridized carbons (Fsp3) is 0.250. The van der Waals surface area contributed by atoms with Crippen LogP contribution in [0.3, 0.4) is 0 Å². The van der Waals surface area contributed by atoms with Gasteiger partial charge in [0.1, 0.15) is 0 Å². The summed E-state index contributed by atoms with van der Waals surface area (Å²) in [5, 5.41) is 17.1. The van der Waals surface area contributed by atoms with Crippen molar-refractivity contribution in [3.05, 3.63) is 59.7 Å². The average Bonchev–Trinajstić information content (AvgIpc) is 2.71. The number of rotatable bonds is 9. The summed E-state index contributed by atoms with van der Waals surface area (Å²) in [6.07, 6.45) is 2.67. The molecular weight excluding hydrogens is 360 g/mol. The second-order valence-corrected chi connectivity index (χ2v) is 6.44. The SMILES string of the molecule is COc1cccc(C=NN=C(N)SCc2ccccc2)c1OCCCC#N. The molecule has 2 rings (SSSR count). The second-order valence-electron chi connectivity index (χ2n) is 5.45. The molecule has 140 valence electrons. The minimum absolute atomic E-state index is 0.384. The van der Waals surface area contributed by atoms with Crippen LogP contribution in [-0.4, -0.2) is 25.1 Å². The van der Waals surface area contributed by atoms with Crippen molar-refractivity contribution >= 4 is 23.1 Å². The van der Waals surface area contributed by atoms with E-state index in [1.807, 2.05) is 48.5 Å². The Morgan fingerprint density at radius 3 is 2.78 bits per heavy atom. The summed E-state index contributed by atoms with van der Waals surface area (Å²) in [6.45, 7) is 0.424. The number of thioether (sulfide) groups is 1. The van der Waals surface area contributed by atoms with Crippen LogP contribution >= 0.6 is 11.8 Å². The van der Waals surface area contributed by atoms with E-state index in [9.17, 15) is 0 Å². The monoisotopic (exact) mass is 382 g/mol. The van der Waals surface area contributed by atoms with E-state index < -0.39 is 0 Å². The van der Waals surface area contributed by atoms with E-state index in [-0.39, 0.29) is 0 Å². The molecule has 0 amide bonds. The summed E-state index contributed by atoms with van der Waals surface area (Å²) in [7, 11) is 1.58. The third-order valence-corrected chi connectivity index (χ3v) is 4.35. The van der Waals surface area contributed by atoms with Gasteiger partial charge in [0.05, 0.1) is 26.0 Å². The van der Waals surface area contributed by atoms with Gasteiger partial charge in [-0.2, -0.15) is 10.4 Å². The predicted molar refractivity (Wildman–Crippen MR) is 110 cm³/mol. The van der Waals surface area contributed by atoms with Gasteiger partial charge in [0, 0.05) is 17.7 Å². The maximum atomic E-state index is 8.62. The molecule has 2 N–H and O–H groups in total. The zero-order valence-electron chi connectivity index (χ0n) is 15.2. The maximum Gasteiger partial charge on any atom is 0.180 e. The van der Waals surface area contributed by atoms with E-state index in [1.54, 1.807) is 13.3 Å². The highest BCUT2D eigenvalue weighted by Gasteiger charge is 2.09. The number of nitrogens with two attached hydrogens (primary N) is 1. The summed E-state index contributed by atoms with van der Waals surface area (Å²) in [6, 6.07) is 17.6. The highest BCUT2D eigenvalue weighted by molar-refractivity contribution is 8.13. The minimum atomic E-state index is 0.384. The highest BCUT2D eigenvalue weighted by Crippen LogP contribution is 2.30. The molecule has 0 aliphatic carbocycles. The lowest BCUT2D eigenvalue weighted by molar-refractivity contribution is 0.290. The van der Waals surface area contributed by atoms with Crippen LogP contribution in [0.25, 0.3) is 0 Å². The van der Waals surface area contributed by atoms with Crippen molar-refractivity contribution in [2.75, 3.05) is 13.7 Å². The van der Waals surface area contributed by atoms with Crippen LogP contribution in [0.15, 0.2) is 58.7 Å². The molecule has 2 aromatic rings. The summed E-state index contributed by atoms with van der Waals surface area (Å²) in [5.74, 6) is 1.91. The van der Waals surface area contributed by atoms with E-state index in [2.05, 4.69) is 16.3 Å². The van der Waals surface area contributed by atoms with Crippen LogP contribution in [-0.2, 0) is 5.75 Å². The quantitative estimate of drug-likeness (QED) is 0.307. The first-order valence-corrected chi connectivity index (χ1v) is 9.43. The Morgan fingerprint density at radius 2 is 2.04 bits per heavy atom. The maximum absolute atomic E-state index is 8.62. The Bertz CT molecular complexity index is 816. The predicted octanol–water partition coefficient (Wildman–Crippen LogP) is 3.96. The Hall–Kier alpha value is -2.98. The molecule has 0 aromatic heterocycles. The van der Waals surface area contributed by atoms with Gasteiger partial charge in [-0.05, 0) is 24.1 Å². The van der Waals surface area contributed by atoms with E-state index in [0.717, 1.165) is 11.3 Å². The fourth-order valence-corrected chi connectivity index (χ4v) is 2.80. The lowest BCUT2D eigenvalue weighted by Gasteiger charge is -2.12. The largest absolute Gasteiger partial charge is 0.493 e. The Morgan fingerprint density at radius 1 is 1.22 bits per heavy atom. The van der Waals surface area contributed by atoms with Gasteiger partial charge in [0.25, 0.3) is 0 Å². The van der Waals surface area contributed by atoms with Gasteiger partial charge in [-0.25, -0.2) is 0 Å². The molecule has 0 radical (unpaired) electrons. The van der Waals surface area contributed by atoms with Gasteiger partial charge in [-0.3, -0.25) is 0 Å². The molecule has 0 bridgehead atoms. The van der Waals surface area contributed by atoms with Crippen molar-refractivity contribution in [2.24, 2.45) is 15.9 Å². The summed E-state index contributed by atoms with van der Waals surface area (Å²) >= 11 is 1.42. The zero-order chi connectivity index (χ0) is 19.3. The van der Waals surface area contributed by atoms with E-state index in [4.69, 9.17) is 20.5 Å². The van der Waals surface area contributed by atoms with Gasteiger partial charge in [-0.15, -0.1) is 5.10 Å². The summed E-state index contributed by atoms with van der Waals surface area (Å²) < 4.78 is 11.1. The van der Waals surface area contributed by atoms with Gasteiger partial charge >= 0.3 is 0 Å². The Kier molecular flexibility index (Phi) is 8.74. The molecule has 0 saturated carbocycles. The van der Waals surface area contributed by atoms with E-state index in [0.29, 0.717) is 36.1 Å². The first kappa shape index (κ1) is 20.3. The number of ether oxygens (including phenoxy) is 2. The van der Waals surface area contributed by atoms with E-state index in [1.165, 1.54) is 17.3 Å². The van der Waals surface area contributed by atoms with E-state index >= 15 is 0 Å². The number of nitriles is 1. The number of amidine groups is 1. The Balaban J connectivity index is 2.00. The average molecular weight is 382 g/mol. The molecule has 0 fully saturated rings. The topological polar surface area (TPSA) is 93.0 Å². The molecule has 7 heteroatoms. The highest BCUT2D eigenvalue weighted by atomic mass is 32.2. The molecule has 0 atom stereocenters. The summed E-state index contributed by atoms with van der Waals surface area (Å²) in [5.41, 5.74) is 7.81. The molecular formula is C20H22N4O2S. The van der Waals surface area contributed by atoms with Gasteiger partial charge in [-0.1, -0.05) is 48.2 Å². The summed E-state index contributed by atoms with van der Waals surface area (Å²) in [4.78, 5) is 0. The third-order valence-electron chi connectivity index (χ3n) is 3.49. The van der Waals surface area contributed by atoms with Crippen molar-refractivity contribution in [1.29, 1.82) is 5.26 Å². The lowest BCUT2D eigenvalue weighted by Crippen LogP contribution is -2.06. The number of hydrogen-bond donors (Lipinski definition) is 1. The van der Waals surface area contributed by atoms with Crippen LogP contribution in [0.4, 0.5) is 0 Å². The van der Waals surface area contributed by atoms with Crippen molar-refractivity contribution in [1.82, 2.24) is 0 Å². The number of methoxy groups -OCH3 is 1. The molecule has 0 saturated heterocycles. The van der Waals surface area contributed by atoms with Crippen LogP contribution in [0.5, 0.6) is 11.5 Å². The second kappa shape index (κ2) is 11.6. The van der Waals surface area contributed by atoms with Crippen LogP contribution < -0.4 is 15.2 Å². The van der Waals surface area contributed by atoms with Gasteiger partial charge in [0.2, 0.25) is 0 Å². The van der Waals surface area contributed by atoms with Crippen LogP contribution in [0.1, 0.15) is 24.0 Å². The third kappa shape index (κ3) is 7.04. The molecule has 0 unspecified atom stereocenters. The fourth-order valence-electron chi connectivity index (χ4n) is 2.18. The van der Waals surface area contributed by atoms with Crippen molar-refractivity contribution in [3.63, 3.8) is 0 Å².